The number of piperidine rings is 1. The lowest BCUT2D eigenvalue weighted by atomic mass is 9.76. The SMILES string of the molecule is CCNCC1CCC1N1CCCC(C)C1C. The highest BCUT2D eigenvalue weighted by molar-refractivity contribution is 4.94. The lowest BCUT2D eigenvalue weighted by Gasteiger charge is -2.50. The van der Waals surface area contributed by atoms with Gasteiger partial charge in [-0.1, -0.05) is 13.8 Å². The average Bonchev–Trinajstić information content (AvgIpc) is 2.24. The summed E-state index contributed by atoms with van der Waals surface area (Å²) in [5, 5.41) is 3.52. The Morgan fingerprint density at radius 2 is 2.00 bits per heavy atom. The summed E-state index contributed by atoms with van der Waals surface area (Å²) in [6.45, 7) is 10.8. The van der Waals surface area contributed by atoms with Crippen LogP contribution in [0.15, 0.2) is 0 Å². The lowest BCUT2D eigenvalue weighted by Crippen LogP contribution is -2.56. The van der Waals surface area contributed by atoms with E-state index in [9.17, 15) is 0 Å². The van der Waals surface area contributed by atoms with Crippen molar-refractivity contribution in [3.8, 4) is 0 Å². The van der Waals surface area contributed by atoms with Gasteiger partial charge < -0.3 is 5.32 Å². The molecule has 0 bridgehead atoms. The highest BCUT2D eigenvalue weighted by atomic mass is 15.2. The third kappa shape index (κ3) is 2.43. The number of likely N-dealkylation sites (tertiary alicyclic amines) is 1. The van der Waals surface area contributed by atoms with Crippen molar-refractivity contribution >= 4 is 0 Å². The summed E-state index contributed by atoms with van der Waals surface area (Å²) in [5.41, 5.74) is 0. The first-order chi connectivity index (χ1) is 7.74. The van der Waals surface area contributed by atoms with Crippen molar-refractivity contribution in [3.63, 3.8) is 0 Å². The predicted octanol–water partition coefficient (Wildman–Crippen LogP) is 2.49. The van der Waals surface area contributed by atoms with E-state index in [1.54, 1.807) is 0 Å². The molecule has 1 aliphatic heterocycles. The number of nitrogens with zero attached hydrogens (tertiary/aromatic N) is 1. The summed E-state index contributed by atoms with van der Waals surface area (Å²) in [6, 6.07) is 1.69. The lowest BCUT2D eigenvalue weighted by molar-refractivity contribution is -0.00633. The van der Waals surface area contributed by atoms with Gasteiger partial charge in [-0.25, -0.2) is 0 Å². The minimum absolute atomic E-state index is 0.808. The molecule has 2 fully saturated rings. The van der Waals surface area contributed by atoms with Crippen molar-refractivity contribution in [2.24, 2.45) is 11.8 Å². The molecule has 2 nitrogen and oxygen atoms in total. The molecular formula is C14H28N2. The van der Waals surface area contributed by atoms with E-state index >= 15 is 0 Å². The van der Waals surface area contributed by atoms with Crippen LogP contribution in [-0.2, 0) is 0 Å². The number of nitrogens with one attached hydrogen (secondary N) is 1. The first-order valence-corrected chi connectivity index (χ1v) is 7.20. The van der Waals surface area contributed by atoms with Crippen LogP contribution in [0.1, 0.15) is 46.5 Å². The van der Waals surface area contributed by atoms with Gasteiger partial charge in [0.1, 0.15) is 0 Å². The molecule has 1 aliphatic carbocycles. The van der Waals surface area contributed by atoms with E-state index in [1.165, 1.54) is 38.8 Å². The molecule has 1 saturated heterocycles. The van der Waals surface area contributed by atoms with E-state index < -0.39 is 0 Å². The third-order valence-electron chi connectivity index (χ3n) is 4.88. The molecule has 1 saturated carbocycles. The Kier molecular flexibility index (Phi) is 4.26. The van der Waals surface area contributed by atoms with Gasteiger partial charge >= 0.3 is 0 Å². The average molecular weight is 224 g/mol. The zero-order valence-electron chi connectivity index (χ0n) is 11.2. The second kappa shape index (κ2) is 5.50. The molecule has 0 spiro atoms. The molecule has 1 heterocycles. The zero-order valence-corrected chi connectivity index (χ0v) is 11.2. The van der Waals surface area contributed by atoms with Gasteiger partial charge in [0, 0.05) is 12.1 Å². The molecule has 0 radical (unpaired) electrons. The fourth-order valence-electron chi connectivity index (χ4n) is 3.39. The normalized spacial score (nSPS) is 40.7. The molecule has 4 atom stereocenters. The second-order valence-corrected chi connectivity index (χ2v) is 5.81. The Balaban J connectivity index is 1.86. The third-order valence-corrected chi connectivity index (χ3v) is 4.88. The topological polar surface area (TPSA) is 15.3 Å². The molecule has 16 heavy (non-hydrogen) atoms. The molecule has 2 heteroatoms. The van der Waals surface area contributed by atoms with Crippen LogP contribution in [0, 0.1) is 11.8 Å². The van der Waals surface area contributed by atoms with Gasteiger partial charge in [0.15, 0.2) is 0 Å². The van der Waals surface area contributed by atoms with E-state index in [0.717, 1.165) is 30.5 Å². The van der Waals surface area contributed by atoms with Crippen LogP contribution in [0.2, 0.25) is 0 Å². The van der Waals surface area contributed by atoms with Crippen LogP contribution in [-0.4, -0.2) is 36.6 Å². The van der Waals surface area contributed by atoms with E-state index in [2.05, 4.69) is 31.0 Å². The van der Waals surface area contributed by atoms with Crippen molar-refractivity contribution in [1.29, 1.82) is 0 Å². The summed E-state index contributed by atoms with van der Waals surface area (Å²) >= 11 is 0. The second-order valence-electron chi connectivity index (χ2n) is 5.81. The summed E-state index contributed by atoms with van der Waals surface area (Å²) in [7, 11) is 0. The van der Waals surface area contributed by atoms with Gasteiger partial charge in [0.2, 0.25) is 0 Å². The molecule has 94 valence electrons. The van der Waals surface area contributed by atoms with Crippen LogP contribution < -0.4 is 5.32 Å². The van der Waals surface area contributed by atoms with Crippen LogP contribution in [0.5, 0.6) is 0 Å². The Morgan fingerprint density at radius 3 is 2.62 bits per heavy atom. The first-order valence-electron chi connectivity index (χ1n) is 7.20. The van der Waals surface area contributed by atoms with E-state index in [4.69, 9.17) is 0 Å². The number of hydrogen-bond donors (Lipinski definition) is 1. The standard InChI is InChI=1S/C14H28N2/c1-4-15-10-13-7-8-14(13)16-9-5-6-11(2)12(16)3/h11-15H,4-10H2,1-3H3. The highest BCUT2D eigenvalue weighted by Crippen LogP contribution is 2.36. The minimum Gasteiger partial charge on any atom is -0.317 e. The quantitative estimate of drug-likeness (QED) is 0.789. The molecule has 0 aromatic carbocycles. The molecule has 1 N–H and O–H groups in total. The van der Waals surface area contributed by atoms with Crippen LogP contribution in [0.25, 0.3) is 0 Å². The number of hydrogen-bond acceptors (Lipinski definition) is 2. The summed E-state index contributed by atoms with van der Waals surface area (Å²) in [6.07, 6.45) is 5.72. The Bertz CT molecular complexity index is 217. The van der Waals surface area contributed by atoms with Crippen LogP contribution in [0.3, 0.4) is 0 Å². The van der Waals surface area contributed by atoms with Crippen molar-refractivity contribution in [1.82, 2.24) is 10.2 Å². The van der Waals surface area contributed by atoms with Crippen molar-refractivity contribution in [2.75, 3.05) is 19.6 Å². The summed E-state index contributed by atoms with van der Waals surface area (Å²) in [5.74, 6) is 1.82. The Hall–Kier alpha value is -0.0800. The van der Waals surface area contributed by atoms with Crippen LogP contribution >= 0.6 is 0 Å². The van der Waals surface area contributed by atoms with Crippen molar-refractivity contribution < 1.29 is 0 Å². The van der Waals surface area contributed by atoms with E-state index in [-0.39, 0.29) is 0 Å². The largest absolute Gasteiger partial charge is 0.317 e. The van der Waals surface area contributed by atoms with Gasteiger partial charge in [0.05, 0.1) is 0 Å². The smallest absolute Gasteiger partial charge is 0.0139 e. The number of rotatable bonds is 4. The van der Waals surface area contributed by atoms with E-state index in [0.29, 0.717) is 0 Å². The summed E-state index contributed by atoms with van der Waals surface area (Å²) in [4.78, 5) is 2.81. The maximum absolute atomic E-state index is 3.52. The van der Waals surface area contributed by atoms with Gasteiger partial charge in [-0.15, -0.1) is 0 Å². The fourth-order valence-corrected chi connectivity index (χ4v) is 3.39. The Morgan fingerprint density at radius 1 is 1.19 bits per heavy atom. The van der Waals surface area contributed by atoms with Crippen molar-refractivity contribution in [2.45, 2.75) is 58.5 Å². The van der Waals surface area contributed by atoms with Gasteiger partial charge in [-0.3, -0.25) is 4.90 Å². The van der Waals surface area contributed by atoms with Gasteiger partial charge in [-0.05, 0) is 64.1 Å². The maximum Gasteiger partial charge on any atom is 0.0139 e. The monoisotopic (exact) mass is 224 g/mol. The van der Waals surface area contributed by atoms with Gasteiger partial charge in [0.25, 0.3) is 0 Å². The molecule has 0 amide bonds. The van der Waals surface area contributed by atoms with Gasteiger partial charge in [-0.2, -0.15) is 0 Å². The zero-order chi connectivity index (χ0) is 11.5. The molecule has 4 unspecified atom stereocenters. The predicted molar refractivity (Wildman–Crippen MR) is 69.6 cm³/mol. The highest BCUT2D eigenvalue weighted by Gasteiger charge is 2.39. The Labute approximate surface area is 101 Å². The maximum atomic E-state index is 3.52. The minimum atomic E-state index is 0.808. The summed E-state index contributed by atoms with van der Waals surface area (Å²) < 4.78 is 0. The van der Waals surface area contributed by atoms with E-state index in [1.807, 2.05) is 0 Å². The molecule has 0 aromatic rings. The van der Waals surface area contributed by atoms with Crippen molar-refractivity contribution in [3.05, 3.63) is 0 Å². The molecule has 2 rings (SSSR count). The molecule has 2 aliphatic rings. The molecular weight excluding hydrogens is 196 g/mol. The molecule has 0 aromatic heterocycles. The first kappa shape index (κ1) is 12.4. The fraction of sp³-hybridized carbons (Fsp3) is 1.00. The van der Waals surface area contributed by atoms with Crippen LogP contribution in [0.4, 0.5) is 0 Å².